The number of hydrogen-bond acceptors (Lipinski definition) is 3. The van der Waals surface area contributed by atoms with Crippen LogP contribution in [0.5, 0.6) is 0 Å². The van der Waals surface area contributed by atoms with Gasteiger partial charge >= 0.3 is 0 Å². The zero-order chi connectivity index (χ0) is 11.4. The van der Waals surface area contributed by atoms with Crippen molar-refractivity contribution in [2.75, 3.05) is 51.9 Å². The zero-order valence-corrected chi connectivity index (χ0v) is 11.6. The van der Waals surface area contributed by atoms with Crippen LogP contribution in [-0.2, 0) is 9.47 Å². The number of hydrogen-bond donors (Lipinski definition) is 0. The van der Waals surface area contributed by atoms with Gasteiger partial charge in [-0.05, 0) is 19.4 Å². The Kier molecular flexibility index (Phi) is 12.7. The fourth-order valence-corrected chi connectivity index (χ4v) is 1.87. The molecular weight excluding hydrogens is 258 g/mol. The summed E-state index contributed by atoms with van der Waals surface area (Å²) < 4.78 is 10.5. The molecule has 0 unspecified atom stereocenters. The largest absolute Gasteiger partial charge is 0.385 e. The highest BCUT2D eigenvalue weighted by molar-refractivity contribution is 9.09. The second-order valence-electron chi connectivity index (χ2n) is 3.49. The zero-order valence-electron chi connectivity index (χ0n) is 10.0. The quantitative estimate of drug-likeness (QED) is 0.428. The Balaban J connectivity index is 3.28. The maximum Gasteiger partial charge on any atom is 0.0593 e. The van der Waals surface area contributed by atoms with E-state index in [0.717, 1.165) is 51.2 Å². The first kappa shape index (κ1) is 15.4. The van der Waals surface area contributed by atoms with Crippen LogP contribution in [-0.4, -0.2) is 56.8 Å². The Hall–Kier alpha value is 0.360. The molecule has 0 aliphatic heterocycles. The first-order valence-corrected chi connectivity index (χ1v) is 6.82. The standard InChI is InChI=1S/C11H24BrNO2/c1-3-6-13(7-5-12)8-11-15-10-4-9-14-2/h3-11H2,1-2H3. The number of alkyl halides is 1. The molecule has 92 valence electrons. The van der Waals surface area contributed by atoms with Gasteiger partial charge in [-0.3, -0.25) is 0 Å². The van der Waals surface area contributed by atoms with Crippen LogP contribution in [0.25, 0.3) is 0 Å². The van der Waals surface area contributed by atoms with Gasteiger partial charge in [0, 0.05) is 38.7 Å². The Labute approximate surface area is 102 Å². The summed E-state index contributed by atoms with van der Waals surface area (Å²) in [5, 5.41) is 1.04. The number of ether oxygens (including phenoxy) is 2. The first-order valence-electron chi connectivity index (χ1n) is 5.70. The van der Waals surface area contributed by atoms with Crippen LogP contribution in [0, 0.1) is 0 Å². The molecule has 0 radical (unpaired) electrons. The molecule has 0 heterocycles. The Morgan fingerprint density at radius 2 is 1.87 bits per heavy atom. The summed E-state index contributed by atoms with van der Waals surface area (Å²) in [4.78, 5) is 2.42. The van der Waals surface area contributed by atoms with Crippen LogP contribution in [0.3, 0.4) is 0 Å². The average molecular weight is 282 g/mol. The lowest BCUT2D eigenvalue weighted by Crippen LogP contribution is -2.30. The van der Waals surface area contributed by atoms with Crippen molar-refractivity contribution in [3.8, 4) is 0 Å². The fraction of sp³-hybridized carbons (Fsp3) is 1.00. The van der Waals surface area contributed by atoms with Crippen molar-refractivity contribution in [1.29, 1.82) is 0 Å². The molecule has 0 aliphatic rings. The van der Waals surface area contributed by atoms with Gasteiger partial charge in [0.05, 0.1) is 6.61 Å². The van der Waals surface area contributed by atoms with E-state index >= 15 is 0 Å². The minimum atomic E-state index is 0.792. The van der Waals surface area contributed by atoms with Crippen molar-refractivity contribution in [2.45, 2.75) is 19.8 Å². The molecule has 0 N–H and O–H groups in total. The summed E-state index contributed by atoms with van der Waals surface area (Å²) in [5.74, 6) is 0. The van der Waals surface area contributed by atoms with Crippen LogP contribution in [0.2, 0.25) is 0 Å². The molecule has 0 aliphatic carbocycles. The monoisotopic (exact) mass is 281 g/mol. The van der Waals surface area contributed by atoms with E-state index in [1.54, 1.807) is 7.11 Å². The van der Waals surface area contributed by atoms with E-state index in [0.29, 0.717) is 0 Å². The molecule has 0 rings (SSSR count). The molecule has 3 nitrogen and oxygen atoms in total. The molecule has 0 aromatic rings. The van der Waals surface area contributed by atoms with E-state index in [-0.39, 0.29) is 0 Å². The van der Waals surface area contributed by atoms with Gasteiger partial charge in [0.15, 0.2) is 0 Å². The Morgan fingerprint density at radius 3 is 2.47 bits per heavy atom. The highest BCUT2D eigenvalue weighted by Crippen LogP contribution is 1.94. The second kappa shape index (κ2) is 12.4. The third-order valence-electron chi connectivity index (χ3n) is 2.13. The Bertz CT molecular complexity index is 119. The summed E-state index contributed by atoms with van der Waals surface area (Å²) in [6, 6.07) is 0. The smallest absolute Gasteiger partial charge is 0.0593 e. The lowest BCUT2D eigenvalue weighted by Gasteiger charge is -2.20. The van der Waals surface area contributed by atoms with Crippen molar-refractivity contribution >= 4 is 15.9 Å². The minimum Gasteiger partial charge on any atom is -0.385 e. The van der Waals surface area contributed by atoms with Crippen molar-refractivity contribution < 1.29 is 9.47 Å². The normalized spacial score (nSPS) is 11.2. The summed E-state index contributed by atoms with van der Waals surface area (Å²) in [5.41, 5.74) is 0. The topological polar surface area (TPSA) is 21.7 Å². The molecule has 0 amide bonds. The van der Waals surface area contributed by atoms with Gasteiger partial charge in [0.25, 0.3) is 0 Å². The molecule has 0 fully saturated rings. The summed E-state index contributed by atoms with van der Waals surface area (Å²) >= 11 is 3.46. The molecular formula is C11H24BrNO2. The molecule has 15 heavy (non-hydrogen) atoms. The van der Waals surface area contributed by atoms with Crippen LogP contribution in [0.15, 0.2) is 0 Å². The van der Waals surface area contributed by atoms with Gasteiger partial charge in [-0.1, -0.05) is 22.9 Å². The predicted octanol–water partition coefficient (Wildman–Crippen LogP) is 2.15. The van der Waals surface area contributed by atoms with E-state index in [9.17, 15) is 0 Å². The lowest BCUT2D eigenvalue weighted by atomic mass is 10.4. The SMILES string of the molecule is CCCN(CCBr)CCOCCCOC. The van der Waals surface area contributed by atoms with E-state index in [1.807, 2.05) is 0 Å². The van der Waals surface area contributed by atoms with Gasteiger partial charge < -0.3 is 14.4 Å². The van der Waals surface area contributed by atoms with Crippen LogP contribution in [0.1, 0.15) is 19.8 Å². The third kappa shape index (κ3) is 10.6. The average Bonchev–Trinajstić information content (AvgIpc) is 2.24. The van der Waals surface area contributed by atoms with Gasteiger partial charge in [-0.25, -0.2) is 0 Å². The Morgan fingerprint density at radius 1 is 1.07 bits per heavy atom. The molecule has 0 atom stereocenters. The highest BCUT2D eigenvalue weighted by Gasteiger charge is 2.01. The molecule has 0 bridgehead atoms. The van der Waals surface area contributed by atoms with Gasteiger partial charge in [-0.2, -0.15) is 0 Å². The molecule has 0 aromatic carbocycles. The lowest BCUT2D eigenvalue weighted by molar-refractivity contribution is 0.0851. The molecule has 0 aromatic heterocycles. The first-order chi connectivity index (χ1) is 7.35. The molecule has 0 saturated heterocycles. The number of methoxy groups -OCH3 is 1. The number of rotatable bonds is 11. The predicted molar refractivity (Wildman–Crippen MR) is 67.8 cm³/mol. The highest BCUT2D eigenvalue weighted by atomic mass is 79.9. The van der Waals surface area contributed by atoms with E-state index in [4.69, 9.17) is 9.47 Å². The summed E-state index contributed by atoms with van der Waals surface area (Å²) in [6.07, 6.45) is 2.19. The minimum absolute atomic E-state index is 0.792. The van der Waals surface area contributed by atoms with Crippen molar-refractivity contribution in [3.63, 3.8) is 0 Å². The second-order valence-corrected chi connectivity index (χ2v) is 4.28. The third-order valence-corrected chi connectivity index (χ3v) is 2.48. The van der Waals surface area contributed by atoms with Crippen molar-refractivity contribution in [2.24, 2.45) is 0 Å². The summed E-state index contributed by atoms with van der Waals surface area (Å²) in [6.45, 7) is 7.94. The molecule has 0 spiro atoms. The van der Waals surface area contributed by atoms with E-state index < -0.39 is 0 Å². The number of halogens is 1. The van der Waals surface area contributed by atoms with Crippen LogP contribution in [0.4, 0.5) is 0 Å². The van der Waals surface area contributed by atoms with Gasteiger partial charge in [0.2, 0.25) is 0 Å². The van der Waals surface area contributed by atoms with Crippen molar-refractivity contribution in [3.05, 3.63) is 0 Å². The molecule has 0 saturated carbocycles. The molecule has 4 heteroatoms. The van der Waals surface area contributed by atoms with Gasteiger partial charge in [0.1, 0.15) is 0 Å². The van der Waals surface area contributed by atoms with Crippen LogP contribution >= 0.6 is 15.9 Å². The van der Waals surface area contributed by atoms with Crippen molar-refractivity contribution in [1.82, 2.24) is 4.90 Å². The van der Waals surface area contributed by atoms with E-state index in [1.165, 1.54) is 6.42 Å². The number of nitrogens with zero attached hydrogens (tertiary/aromatic N) is 1. The van der Waals surface area contributed by atoms with Gasteiger partial charge in [-0.15, -0.1) is 0 Å². The fourth-order valence-electron chi connectivity index (χ4n) is 1.37. The van der Waals surface area contributed by atoms with E-state index in [2.05, 4.69) is 27.8 Å². The summed E-state index contributed by atoms with van der Waals surface area (Å²) in [7, 11) is 1.72. The maximum atomic E-state index is 5.52. The van der Waals surface area contributed by atoms with Crippen LogP contribution < -0.4 is 0 Å². The maximum absolute atomic E-state index is 5.52.